The summed E-state index contributed by atoms with van der Waals surface area (Å²) in [7, 11) is 0. The van der Waals surface area contributed by atoms with Crippen LogP contribution in [-0.2, 0) is 0 Å². The molecule has 0 amide bonds. The fourth-order valence-electron chi connectivity index (χ4n) is 0.420. The summed E-state index contributed by atoms with van der Waals surface area (Å²) in [5, 5.41) is 17.6. The maximum Gasteiger partial charge on any atom is 0.255 e. The van der Waals surface area contributed by atoms with Crippen molar-refractivity contribution in [2.24, 2.45) is 0 Å². The van der Waals surface area contributed by atoms with Crippen molar-refractivity contribution in [2.75, 3.05) is 0 Å². The minimum Gasteiger partial charge on any atom is -0.502 e. The van der Waals surface area contributed by atoms with Crippen LogP contribution < -0.4 is 0 Å². The van der Waals surface area contributed by atoms with Crippen molar-refractivity contribution in [1.29, 1.82) is 0 Å². The van der Waals surface area contributed by atoms with Gasteiger partial charge in [0.05, 0.1) is 4.47 Å². The zero-order chi connectivity index (χ0) is 6.85. The number of pyridine rings is 1. The van der Waals surface area contributed by atoms with Crippen molar-refractivity contribution in [1.82, 2.24) is 4.98 Å². The summed E-state index contributed by atoms with van der Waals surface area (Å²) in [4.78, 5) is 3.42. The van der Waals surface area contributed by atoms with Gasteiger partial charge in [0.25, 0.3) is 5.88 Å². The average Bonchev–Trinajstić information content (AvgIpc) is 1.83. The Hall–Kier alpha value is -0.770. The molecule has 0 aromatic carbocycles. The van der Waals surface area contributed by atoms with Gasteiger partial charge in [0, 0.05) is 6.20 Å². The van der Waals surface area contributed by atoms with Gasteiger partial charge in [-0.05, 0) is 22.0 Å². The normalized spacial score (nSPS) is 9.44. The molecule has 0 aliphatic rings. The number of rotatable bonds is 0. The molecule has 9 heavy (non-hydrogen) atoms. The second kappa shape index (κ2) is 2.23. The molecule has 4 heteroatoms. The van der Waals surface area contributed by atoms with Gasteiger partial charge in [0.2, 0.25) is 0 Å². The molecule has 2 N–H and O–H groups in total. The van der Waals surface area contributed by atoms with Crippen molar-refractivity contribution < 1.29 is 10.2 Å². The smallest absolute Gasteiger partial charge is 0.255 e. The van der Waals surface area contributed by atoms with E-state index in [-0.39, 0.29) is 11.6 Å². The first-order valence-corrected chi connectivity index (χ1v) is 3.03. The third-order valence-electron chi connectivity index (χ3n) is 0.856. The fourth-order valence-corrected chi connectivity index (χ4v) is 0.716. The summed E-state index contributed by atoms with van der Waals surface area (Å²) in [5.41, 5.74) is 0. The number of hydrogen-bond donors (Lipinski definition) is 2. The van der Waals surface area contributed by atoms with Crippen molar-refractivity contribution in [2.45, 2.75) is 0 Å². The second-order valence-electron chi connectivity index (χ2n) is 1.46. The summed E-state index contributed by atoms with van der Waals surface area (Å²) in [5.74, 6) is -0.582. The lowest BCUT2D eigenvalue weighted by atomic mass is 10.4. The molecule has 0 unspecified atom stereocenters. The summed E-state index contributed by atoms with van der Waals surface area (Å²) >= 11 is 3.00. The van der Waals surface area contributed by atoms with Crippen LogP contribution in [0.3, 0.4) is 0 Å². The molecule has 3 nitrogen and oxygen atoms in total. The van der Waals surface area contributed by atoms with Crippen LogP contribution in [0.15, 0.2) is 16.7 Å². The second-order valence-corrected chi connectivity index (χ2v) is 2.32. The van der Waals surface area contributed by atoms with Gasteiger partial charge in [-0.1, -0.05) is 0 Å². The van der Waals surface area contributed by atoms with Gasteiger partial charge in [0.15, 0.2) is 5.75 Å². The van der Waals surface area contributed by atoms with Crippen LogP contribution in [-0.4, -0.2) is 15.2 Å². The third-order valence-corrected chi connectivity index (χ3v) is 1.50. The molecule has 0 saturated carbocycles. The molecule has 1 heterocycles. The molecule has 0 bridgehead atoms. The number of aromatic hydroxyl groups is 2. The van der Waals surface area contributed by atoms with Crippen LogP contribution in [0.1, 0.15) is 0 Å². The van der Waals surface area contributed by atoms with Gasteiger partial charge >= 0.3 is 0 Å². The Morgan fingerprint density at radius 1 is 1.44 bits per heavy atom. The highest BCUT2D eigenvalue weighted by molar-refractivity contribution is 9.10. The minimum atomic E-state index is -0.357. The number of nitrogens with zero attached hydrogens (tertiary/aromatic N) is 1. The lowest BCUT2D eigenvalue weighted by molar-refractivity contribution is 0.386. The quantitative estimate of drug-likeness (QED) is 0.647. The molecule has 1 aromatic rings. The van der Waals surface area contributed by atoms with Crippen LogP contribution in [0.2, 0.25) is 0 Å². The molecule has 1 rings (SSSR count). The highest BCUT2D eigenvalue weighted by atomic mass is 79.9. The first kappa shape index (κ1) is 6.35. The maximum atomic E-state index is 8.85. The molecular weight excluding hydrogens is 186 g/mol. The van der Waals surface area contributed by atoms with E-state index in [4.69, 9.17) is 10.2 Å². The first-order chi connectivity index (χ1) is 4.22. The number of halogens is 1. The standard InChI is InChI=1S/C5H4BrNO2/c6-3-1-2-7-5(9)4(3)8/h1-2,8H,(H,7,9). The van der Waals surface area contributed by atoms with E-state index in [0.717, 1.165) is 0 Å². The molecule has 0 fully saturated rings. The molecular formula is C5H4BrNO2. The largest absolute Gasteiger partial charge is 0.502 e. The summed E-state index contributed by atoms with van der Waals surface area (Å²) in [6.07, 6.45) is 1.39. The fraction of sp³-hybridized carbons (Fsp3) is 0. The predicted octanol–water partition coefficient (Wildman–Crippen LogP) is 1.26. The van der Waals surface area contributed by atoms with E-state index in [9.17, 15) is 0 Å². The van der Waals surface area contributed by atoms with Crippen LogP contribution in [0.25, 0.3) is 0 Å². The van der Waals surface area contributed by atoms with E-state index in [1.54, 1.807) is 0 Å². The van der Waals surface area contributed by atoms with Crippen LogP contribution in [0, 0.1) is 0 Å². The monoisotopic (exact) mass is 189 g/mol. The predicted molar refractivity (Wildman–Crippen MR) is 35.3 cm³/mol. The first-order valence-electron chi connectivity index (χ1n) is 2.24. The van der Waals surface area contributed by atoms with Gasteiger partial charge in [-0.25, -0.2) is 4.98 Å². The van der Waals surface area contributed by atoms with E-state index < -0.39 is 0 Å². The van der Waals surface area contributed by atoms with Crippen LogP contribution in [0.4, 0.5) is 0 Å². The van der Waals surface area contributed by atoms with Gasteiger partial charge < -0.3 is 10.2 Å². The van der Waals surface area contributed by atoms with E-state index in [2.05, 4.69) is 20.9 Å². The van der Waals surface area contributed by atoms with Gasteiger partial charge in [-0.2, -0.15) is 0 Å². The number of hydrogen-bond acceptors (Lipinski definition) is 3. The SMILES string of the molecule is Oc1nccc(Br)c1O. The zero-order valence-corrected chi connectivity index (χ0v) is 5.96. The Labute approximate surface area is 60.1 Å². The molecule has 0 spiro atoms. The maximum absolute atomic E-state index is 8.85. The Bertz CT molecular complexity index is 206. The lowest BCUT2D eigenvalue weighted by Gasteiger charge is -1.95. The minimum absolute atomic E-state index is 0.225. The molecule has 0 aliphatic heterocycles. The number of aromatic nitrogens is 1. The lowest BCUT2D eigenvalue weighted by Crippen LogP contribution is -1.74. The van der Waals surface area contributed by atoms with E-state index in [1.165, 1.54) is 12.3 Å². The van der Waals surface area contributed by atoms with Crippen LogP contribution in [0.5, 0.6) is 11.6 Å². The molecule has 0 atom stereocenters. The molecule has 0 saturated heterocycles. The van der Waals surface area contributed by atoms with Crippen molar-refractivity contribution in [3.63, 3.8) is 0 Å². The third kappa shape index (κ3) is 1.13. The van der Waals surface area contributed by atoms with Gasteiger partial charge in [-0.15, -0.1) is 0 Å². The van der Waals surface area contributed by atoms with Crippen molar-refractivity contribution in [3.05, 3.63) is 16.7 Å². The molecule has 1 aromatic heterocycles. The van der Waals surface area contributed by atoms with Gasteiger partial charge in [-0.3, -0.25) is 0 Å². The van der Waals surface area contributed by atoms with Crippen molar-refractivity contribution >= 4 is 15.9 Å². The van der Waals surface area contributed by atoms with E-state index >= 15 is 0 Å². The topological polar surface area (TPSA) is 53.4 Å². The Balaban J connectivity index is 3.25. The highest BCUT2D eigenvalue weighted by Crippen LogP contribution is 2.29. The molecule has 0 aliphatic carbocycles. The Morgan fingerprint density at radius 2 is 2.11 bits per heavy atom. The zero-order valence-electron chi connectivity index (χ0n) is 4.37. The Morgan fingerprint density at radius 3 is 2.56 bits per heavy atom. The molecule has 48 valence electrons. The molecule has 0 radical (unpaired) electrons. The van der Waals surface area contributed by atoms with Gasteiger partial charge in [0.1, 0.15) is 0 Å². The average molecular weight is 190 g/mol. The highest BCUT2D eigenvalue weighted by Gasteiger charge is 2.01. The summed E-state index contributed by atoms with van der Waals surface area (Å²) in [6.45, 7) is 0. The summed E-state index contributed by atoms with van der Waals surface area (Å²) < 4.78 is 0.440. The van der Waals surface area contributed by atoms with E-state index in [0.29, 0.717) is 4.47 Å². The van der Waals surface area contributed by atoms with E-state index in [1.807, 2.05) is 0 Å². The van der Waals surface area contributed by atoms with Crippen LogP contribution >= 0.6 is 15.9 Å². The van der Waals surface area contributed by atoms with Crippen molar-refractivity contribution in [3.8, 4) is 11.6 Å². The Kier molecular flexibility index (Phi) is 1.57. The summed E-state index contributed by atoms with van der Waals surface area (Å²) in [6, 6.07) is 1.54.